The largest absolute Gasteiger partial charge is 0.468 e. The maximum absolute atomic E-state index is 13.6. The number of carbonyl (C=O) groups excluding carboxylic acids is 2. The number of alkyl halides is 8. The van der Waals surface area contributed by atoms with Gasteiger partial charge in [-0.3, -0.25) is 4.55 Å². The number of esters is 2. The van der Waals surface area contributed by atoms with Crippen LogP contribution in [-0.2, 0) is 29.2 Å². The van der Waals surface area contributed by atoms with E-state index < -0.39 is 63.4 Å². The minimum absolute atomic E-state index is 0.734. The Balaban J connectivity index is 3.52. The molecule has 1 unspecified atom stereocenters. The van der Waals surface area contributed by atoms with Gasteiger partial charge in [-0.05, 0) is 12.1 Å². The topological polar surface area (TPSA) is 116 Å². The molecule has 1 atom stereocenters. The van der Waals surface area contributed by atoms with E-state index in [2.05, 4.69) is 20.8 Å². The van der Waals surface area contributed by atoms with Crippen molar-refractivity contribution >= 4 is 22.1 Å². The maximum Gasteiger partial charge on any atom is 0.468 e. The van der Waals surface area contributed by atoms with Crippen LogP contribution in [0.1, 0.15) is 0 Å². The highest BCUT2D eigenvalue weighted by molar-refractivity contribution is 7.86. The molecular formula is C15H10F8O8S. The Morgan fingerprint density at radius 3 is 1.88 bits per heavy atom. The normalized spacial score (nSPS) is 14.9. The van der Waals surface area contributed by atoms with Crippen LogP contribution in [0.3, 0.4) is 0 Å². The van der Waals surface area contributed by atoms with Crippen LogP contribution in [0.25, 0.3) is 0 Å². The van der Waals surface area contributed by atoms with Crippen molar-refractivity contribution in [1.29, 1.82) is 0 Å². The lowest BCUT2D eigenvalue weighted by Crippen LogP contribution is -2.60. The first kappa shape index (κ1) is 27.2. The van der Waals surface area contributed by atoms with E-state index in [0.29, 0.717) is 0 Å². The SMILES string of the molecule is C=C(C(=O)OC(OCC(F)(F)S(=O)(=O)O)(C(=O)Oc1ccccc1)C(F)(F)F)C(F)(F)F. The Kier molecular flexibility index (Phi) is 7.65. The maximum atomic E-state index is 13.6. The first-order valence-electron chi connectivity index (χ1n) is 7.57. The van der Waals surface area contributed by atoms with E-state index in [0.717, 1.165) is 24.3 Å². The first-order valence-corrected chi connectivity index (χ1v) is 9.01. The number of halogens is 8. The molecule has 0 amide bonds. The van der Waals surface area contributed by atoms with Gasteiger partial charge in [0.1, 0.15) is 17.9 Å². The van der Waals surface area contributed by atoms with Gasteiger partial charge in [0.2, 0.25) is 0 Å². The van der Waals surface area contributed by atoms with Crippen LogP contribution in [0.5, 0.6) is 5.75 Å². The zero-order valence-electron chi connectivity index (χ0n) is 15.0. The summed E-state index contributed by atoms with van der Waals surface area (Å²) in [6.07, 6.45) is -12.1. The summed E-state index contributed by atoms with van der Waals surface area (Å²) in [6.45, 7) is -0.874. The van der Waals surface area contributed by atoms with Gasteiger partial charge in [-0.2, -0.15) is 43.5 Å². The molecule has 0 aromatic heterocycles. The van der Waals surface area contributed by atoms with Crippen molar-refractivity contribution in [3.8, 4) is 5.75 Å². The monoisotopic (exact) mass is 502 g/mol. The number of hydrogen-bond acceptors (Lipinski definition) is 7. The molecule has 1 aromatic carbocycles. The summed E-state index contributed by atoms with van der Waals surface area (Å²) in [4.78, 5) is 23.7. The van der Waals surface area contributed by atoms with E-state index in [4.69, 9.17) is 4.55 Å². The van der Waals surface area contributed by atoms with Gasteiger partial charge >= 0.3 is 45.5 Å². The van der Waals surface area contributed by atoms with Gasteiger partial charge in [0.05, 0.1) is 0 Å². The van der Waals surface area contributed by atoms with Gasteiger partial charge < -0.3 is 14.2 Å². The molecule has 17 heteroatoms. The second kappa shape index (κ2) is 8.99. The Bertz CT molecular complexity index is 971. The van der Waals surface area contributed by atoms with Crippen molar-refractivity contribution in [3.05, 3.63) is 42.5 Å². The third-order valence-corrected chi connectivity index (χ3v) is 4.11. The van der Waals surface area contributed by atoms with Crippen molar-refractivity contribution in [1.82, 2.24) is 0 Å². The van der Waals surface area contributed by atoms with Crippen molar-refractivity contribution in [3.63, 3.8) is 0 Å². The van der Waals surface area contributed by atoms with Crippen LogP contribution < -0.4 is 4.74 Å². The van der Waals surface area contributed by atoms with Crippen LogP contribution in [0.2, 0.25) is 0 Å². The molecule has 1 rings (SSSR count). The number of para-hydroxylation sites is 1. The molecule has 0 aliphatic carbocycles. The van der Waals surface area contributed by atoms with Gasteiger partial charge in [0.25, 0.3) is 0 Å². The predicted octanol–water partition coefficient (Wildman–Crippen LogP) is 3.01. The van der Waals surface area contributed by atoms with Crippen molar-refractivity contribution in [2.75, 3.05) is 6.61 Å². The lowest BCUT2D eigenvalue weighted by atomic mass is 10.2. The molecule has 0 saturated heterocycles. The average molecular weight is 502 g/mol. The van der Waals surface area contributed by atoms with Crippen LogP contribution >= 0.6 is 0 Å². The second-order valence-electron chi connectivity index (χ2n) is 5.58. The van der Waals surface area contributed by atoms with Crippen LogP contribution in [0.4, 0.5) is 35.1 Å². The lowest BCUT2D eigenvalue weighted by molar-refractivity contribution is -0.358. The third kappa shape index (κ3) is 6.13. The lowest BCUT2D eigenvalue weighted by Gasteiger charge is -2.33. The summed E-state index contributed by atoms with van der Waals surface area (Å²) in [6, 6.07) is 5.15. The van der Waals surface area contributed by atoms with Crippen LogP contribution in [0, 0.1) is 0 Å². The van der Waals surface area contributed by atoms with Gasteiger partial charge in [0.15, 0.2) is 0 Å². The fourth-order valence-electron chi connectivity index (χ4n) is 1.62. The summed E-state index contributed by atoms with van der Waals surface area (Å²) < 4.78 is 146. The smallest absolute Gasteiger partial charge is 0.421 e. The first-order chi connectivity index (χ1) is 14.2. The summed E-state index contributed by atoms with van der Waals surface area (Å²) in [5, 5.41) is -5.52. The Morgan fingerprint density at radius 1 is 0.969 bits per heavy atom. The standard InChI is InChI=1S/C15H10F8O8S/c1-8(14(18,19)20)10(24)31-13(15(21,22)23,29-7-12(16,17)32(26,27)28)11(25)30-9-5-3-2-4-6-9/h2-6H,1,7H2,(H,26,27,28). The summed E-state index contributed by atoms with van der Waals surface area (Å²) in [5.74, 6) is -11.9. The summed E-state index contributed by atoms with van der Waals surface area (Å²) in [7, 11) is -6.44. The molecule has 1 N–H and O–H groups in total. The van der Waals surface area contributed by atoms with E-state index in [-0.39, 0.29) is 0 Å². The highest BCUT2D eigenvalue weighted by Crippen LogP contribution is 2.40. The average Bonchev–Trinajstić information content (AvgIpc) is 2.62. The van der Waals surface area contributed by atoms with E-state index in [1.807, 2.05) is 0 Å². The van der Waals surface area contributed by atoms with E-state index in [9.17, 15) is 53.1 Å². The zero-order valence-corrected chi connectivity index (χ0v) is 15.9. The molecular weight excluding hydrogens is 492 g/mol. The molecule has 8 nitrogen and oxygen atoms in total. The number of hydrogen-bond donors (Lipinski definition) is 1. The van der Waals surface area contributed by atoms with Crippen LogP contribution in [0.15, 0.2) is 42.5 Å². The molecule has 0 saturated carbocycles. The quantitative estimate of drug-likeness (QED) is 0.144. The van der Waals surface area contributed by atoms with Crippen molar-refractivity contribution < 1.29 is 71.9 Å². The molecule has 0 spiro atoms. The fourth-order valence-corrected chi connectivity index (χ4v) is 1.82. The minimum Gasteiger partial charge on any atom is -0.421 e. The molecule has 0 bridgehead atoms. The molecule has 0 fully saturated rings. The molecule has 0 aliphatic heterocycles. The summed E-state index contributed by atoms with van der Waals surface area (Å²) in [5.41, 5.74) is -2.61. The molecule has 1 aromatic rings. The Labute approximate surface area is 173 Å². The Morgan fingerprint density at radius 2 is 1.47 bits per heavy atom. The van der Waals surface area contributed by atoms with E-state index >= 15 is 0 Å². The minimum atomic E-state index is -6.44. The fraction of sp³-hybridized carbons (Fsp3) is 0.333. The molecule has 0 aliphatic rings. The third-order valence-electron chi connectivity index (χ3n) is 3.24. The van der Waals surface area contributed by atoms with Gasteiger partial charge in [0, 0.05) is 0 Å². The molecule has 0 radical (unpaired) electrons. The number of rotatable bonds is 8. The van der Waals surface area contributed by atoms with E-state index in [1.165, 1.54) is 6.07 Å². The van der Waals surface area contributed by atoms with E-state index in [1.54, 1.807) is 0 Å². The Hall–Kier alpha value is -2.79. The van der Waals surface area contributed by atoms with Gasteiger partial charge in [-0.25, -0.2) is 9.59 Å². The number of ether oxygens (including phenoxy) is 3. The molecule has 0 heterocycles. The van der Waals surface area contributed by atoms with Crippen molar-refractivity contribution in [2.24, 2.45) is 0 Å². The summed E-state index contributed by atoms with van der Waals surface area (Å²) >= 11 is 0. The number of carbonyl (C=O) groups is 2. The van der Waals surface area contributed by atoms with Crippen LogP contribution in [-0.4, -0.2) is 54.9 Å². The highest BCUT2D eigenvalue weighted by Gasteiger charge is 2.70. The van der Waals surface area contributed by atoms with Gasteiger partial charge in [-0.15, -0.1) is 0 Å². The highest BCUT2D eigenvalue weighted by atomic mass is 32.2. The second-order valence-corrected chi connectivity index (χ2v) is 7.13. The van der Waals surface area contributed by atoms with Crippen molar-refractivity contribution in [2.45, 2.75) is 23.4 Å². The predicted molar refractivity (Wildman–Crippen MR) is 84.6 cm³/mol. The molecule has 32 heavy (non-hydrogen) atoms. The number of benzene rings is 1. The zero-order chi connectivity index (χ0) is 25.2. The van der Waals surface area contributed by atoms with Gasteiger partial charge in [-0.1, -0.05) is 24.8 Å². The molecule has 180 valence electrons.